The highest BCUT2D eigenvalue weighted by Crippen LogP contribution is 2.19. The summed E-state index contributed by atoms with van der Waals surface area (Å²) in [6.07, 6.45) is 3.01. The highest BCUT2D eigenvalue weighted by Gasteiger charge is 2.18. The Morgan fingerprint density at radius 2 is 1.88 bits per heavy atom. The third kappa shape index (κ3) is 4.13. The molecule has 0 bridgehead atoms. The smallest absolute Gasteiger partial charge is 0.252 e. The van der Waals surface area contributed by atoms with Crippen LogP contribution in [-0.2, 0) is 0 Å². The molecule has 0 spiro atoms. The number of aromatic nitrogens is 2. The van der Waals surface area contributed by atoms with Gasteiger partial charge in [-0.2, -0.15) is 10.2 Å². The average Bonchev–Trinajstić information content (AvgIpc) is 2.29. The van der Waals surface area contributed by atoms with Crippen LogP contribution in [-0.4, -0.2) is 22.6 Å². The largest absolute Gasteiger partial charge is 0.352 e. The molecule has 1 amide bonds. The maximum atomic E-state index is 11.8. The third-order valence-corrected chi connectivity index (χ3v) is 3.06. The van der Waals surface area contributed by atoms with Crippen molar-refractivity contribution in [3.63, 3.8) is 0 Å². The number of nitrogens with one attached hydrogen (secondary N) is 1. The Hall–Kier alpha value is -1.45. The van der Waals surface area contributed by atoms with Crippen molar-refractivity contribution in [3.8, 4) is 0 Å². The monoisotopic (exact) mass is 235 g/mol. The minimum absolute atomic E-state index is 0.0776. The molecule has 0 radical (unpaired) electrons. The Kier molecular flexibility index (Phi) is 5.07. The van der Waals surface area contributed by atoms with Gasteiger partial charge in [-0.05, 0) is 23.8 Å². The van der Waals surface area contributed by atoms with Gasteiger partial charge in [0, 0.05) is 6.54 Å². The molecule has 0 aliphatic heterocycles. The minimum atomic E-state index is -0.0776. The molecule has 4 nitrogen and oxygen atoms in total. The van der Waals surface area contributed by atoms with Gasteiger partial charge in [0.05, 0.1) is 18.0 Å². The molecule has 1 heterocycles. The molecule has 0 atom stereocenters. The molecule has 0 aliphatic carbocycles. The first-order valence-corrected chi connectivity index (χ1v) is 6.07. The van der Waals surface area contributed by atoms with Gasteiger partial charge >= 0.3 is 0 Å². The zero-order valence-electron chi connectivity index (χ0n) is 11.0. The van der Waals surface area contributed by atoms with Crippen molar-refractivity contribution in [1.29, 1.82) is 0 Å². The second kappa shape index (κ2) is 6.33. The molecular weight excluding hydrogens is 214 g/mol. The Bertz CT molecular complexity index is 341. The van der Waals surface area contributed by atoms with Gasteiger partial charge < -0.3 is 5.32 Å². The fourth-order valence-corrected chi connectivity index (χ4v) is 1.98. The summed E-state index contributed by atoms with van der Waals surface area (Å²) in [7, 11) is 0. The molecule has 0 aromatic carbocycles. The molecule has 0 aliphatic rings. The van der Waals surface area contributed by atoms with Gasteiger partial charge in [-0.15, -0.1) is 0 Å². The van der Waals surface area contributed by atoms with Crippen molar-refractivity contribution in [2.24, 2.45) is 17.8 Å². The number of hydrogen-bond acceptors (Lipinski definition) is 3. The summed E-state index contributed by atoms with van der Waals surface area (Å²) in [6.45, 7) is 9.45. The lowest BCUT2D eigenvalue weighted by molar-refractivity contribution is 0.0936. The molecule has 1 N–H and O–H groups in total. The van der Waals surface area contributed by atoms with Gasteiger partial charge in [-0.25, -0.2) is 0 Å². The van der Waals surface area contributed by atoms with Crippen molar-refractivity contribution < 1.29 is 4.79 Å². The molecule has 1 rings (SSSR count). The van der Waals surface area contributed by atoms with E-state index < -0.39 is 0 Å². The van der Waals surface area contributed by atoms with E-state index in [9.17, 15) is 4.79 Å². The molecule has 0 saturated carbocycles. The summed E-state index contributed by atoms with van der Waals surface area (Å²) >= 11 is 0. The highest BCUT2D eigenvalue weighted by atomic mass is 16.1. The van der Waals surface area contributed by atoms with E-state index in [1.165, 1.54) is 12.4 Å². The molecule has 1 aromatic rings. The summed E-state index contributed by atoms with van der Waals surface area (Å²) in [5, 5.41) is 10.3. The van der Waals surface area contributed by atoms with Crippen LogP contribution in [0.15, 0.2) is 18.5 Å². The number of hydrogen-bond donors (Lipinski definition) is 1. The van der Waals surface area contributed by atoms with Gasteiger partial charge in [0.15, 0.2) is 0 Å². The van der Waals surface area contributed by atoms with Crippen molar-refractivity contribution in [2.75, 3.05) is 6.54 Å². The summed E-state index contributed by atoms with van der Waals surface area (Å²) < 4.78 is 0. The Morgan fingerprint density at radius 3 is 2.35 bits per heavy atom. The molecular formula is C13H21N3O. The lowest BCUT2D eigenvalue weighted by Gasteiger charge is -2.24. The van der Waals surface area contributed by atoms with Crippen LogP contribution in [0.3, 0.4) is 0 Å². The standard InChI is InChI=1S/C13H21N3O/c1-9(2)12(10(3)4)8-14-13(17)11-5-6-15-16-7-11/h5-7,9-10,12H,8H2,1-4H3,(H,14,17). The molecule has 17 heavy (non-hydrogen) atoms. The lowest BCUT2D eigenvalue weighted by Crippen LogP contribution is -2.34. The molecule has 1 aromatic heterocycles. The van der Waals surface area contributed by atoms with Crippen molar-refractivity contribution in [1.82, 2.24) is 15.5 Å². The lowest BCUT2D eigenvalue weighted by atomic mass is 9.85. The predicted octanol–water partition coefficient (Wildman–Crippen LogP) is 2.13. The predicted molar refractivity (Wildman–Crippen MR) is 67.5 cm³/mol. The van der Waals surface area contributed by atoms with Gasteiger partial charge in [-0.1, -0.05) is 27.7 Å². The van der Waals surface area contributed by atoms with Gasteiger partial charge in [0.1, 0.15) is 0 Å². The van der Waals surface area contributed by atoms with E-state index in [4.69, 9.17) is 0 Å². The second-order valence-corrected chi connectivity index (χ2v) is 4.99. The third-order valence-electron chi connectivity index (χ3n) is 3.06. The Balaban J connectivity index is 2.53. The maximum Gasteiger partial charge on any atom is 0.252 e. The van der Waals surface area contributed by atoms with Gasteiger partial charge in [0.25, 0.3) is 5.91 Å². The number of carbonyl (C=O) groups excluding carboxylic acids is 1. The molecule has 0 fully saturated rings. The topological polar surface area (TPSA) is 54.9 Å². The number of amides is 1. The zero-order chi connectivity index (χ0) is 12.8. The molecule has 0 unspecified atom stereocenters. The quantitative estimate of drug-likeness (QED) is 0.850. The number of carbonyl (C=O) groups is 1. The van der Waals surface area contributed by atoms with E-state index in [1.807, 2.05) is 0 Å². The van der Waals surface area contributed by atoms with E-state index in [0.717, 1.165) is 0 Å². The van der Waals surface area contributed by atoms with Crippen LogP contribution in [0, 0.1) is 17.8 Å². The molecule has 94 valence electrons. The van der Waals surface area contributed by atoms with Gasteiger partial charge in [0.2, 0.25) is 0 Å². The normalized spacial score (nSPS) is 11.2. The van der Waals surface area contributed by atoms with Crippen molar-refractivity contribution in [3.05, 3.63) is 24.0 Å². The average molecular weight is 235 g/mol. The summed E-state index contributed by atoms with van der Waals surface area (Å²) in [5.74, 6) is 1.54. The van der Waals surface area contributed by atoms with E-state index in [-0.39, 0.29) is 5.91 Å². The second-order valence-electron chi connectivity index (χ2n) is 4.99. The maximum absolute atomic E-state index is 11.8. The SMILES string of the molecule is CC(C)C(CNC(=O)c1ccnnc1)C(C)C. The van der Waals surface area contributed by atoms with Crippen LogP contribution < -0.4 is 5.32 Å². The summed E-state index contributed by atoms with van der Waals surface area (Å²) in [5.41, 5.74) is 0.561. The van der Waals surface area contributed by atoms with Crippen LogP contribution in [0.25, 0.3) is 0 Å². The van der Waals surface area contributed by atoms with Crippen LogP contribution in [0.5, 0.6) is 0 Å². The first kappa shape index (κ1) is 13.6. The number of nitrogens with zero attached hydrogens (tertiary/aromatic N) is 2. The Morgan fingerprint density at radius 1 is 1.24 bits per heavy atom. The van der Waals surface area contributed by atoms with E-state index in [2.05, 4.69) is 43.2 Å². The highest BCUT2D eigenvalue weighted by molar-refractivity contribution is 5.93. The zero-order valence-corrected chi connectivity index (χ0v) is 11.0. The fourth-order valence-electron chi connectivity index (χ4n) is 1.98. The molecule has 0 saturated heterocycles. The van der Waals surface area contributed by atoms with E-state index in [1.54, 1.807) is 6.07 Å². The van der Waals surface area contributed by atoms with Gasteiger partial charge in [-0.3, -0.25) is 4.79 Å². The van der Waals surface area contributed by atoms with Crippen molar-refractivity contribution in [2.45, 2.75) is 27.7 Å². The summed E-state index contributed by atoms with van der Waals surface area (Å²) in [6, 6.07) is 1.67. The van der Waals surface area contributed by atoms with Crippen LogP contribution >= 0.6 is 0 Å². The van der Waals surface area contributed by atoms with Crippen LogP contribution in [0.4, 0.5) is 0 Å². The van der Waals surface area contributed by atoms with Crippen molar-refractivity contribution >= 4 is 5.91 Å². The number of rotatable bonds is 5. The van der Waals surface area contributed by atoms with Crippen LogP contribution in [0.2, 0.25) is 0 Å². The van der Waals surface area contributed by atoms with Crippen LogP contribution in [0.1, 0.15) is 38.1 Å². The summed E-state index contributed by atoms with van der Waals surface area (Å²) in [4.78, 5) is 11.8. The first-order valence-electron chi connectivity index (χ1n) is 6.07. The fraction of sp³-hybridized carbons (Fsp3) is 0.615. The minimum Gasteiger partial charge on any atom is -0.352 e. The first-order chi connectivity index (χ1) is 8.02. The Labute approximate surface area is 103 Å². The van der Waals surface area contributed by atoms with E-state index >= 15 is 0 Å². The van der Waals surface area contributed by atoms with E-state index in [0.29, 0.717) is 29.9 Å². The molecule has 4 heteroatoms.